The van der Waals surface area contributed by atoms with E-state index in [0.717, 1.165) is 58.3 Å². The summed E-state index contributed by atoms with van der Waals surface area (Å²) in [5, 5.41) is 15.4. The largest absolute Gasteiger partial charge is 0.512 e. The standard InChI is InChI=1S/C26H21N2S.C13H24O2.Ir/c1-26(2,3)23-14-20(12-18-6-4-5-7-22(18)23)24-15-17(8-10-27-24)21-13-19-9-11-29-25(19)28-16-21;1-5-10(6-2)12(14)9-13(15)11(7-3)8-4;/h4-11,13-16H,1-3H3;9-11,14H,5-8H2,1-4H3;/q-1;;/b;12-9-;. The third-order valence-electron chi connectivity index (χ3n) is 8.34. The van der Waals surface area contributed by atoms with Crippen LogP contribution in [-0.2, 0) is 30.3 Å². The van der Waals surface area contributed by atoms with Gasteiger partial charge in [-0.15, -0.1) is 40.5 Å². The molecule has 1 N–H and O–H groups in total. The van der Waals surface area contributed by atoms with Gasteiger partial charge in [-0.05, 0) is 60.2 Å². The summed E-state index contributed by atoms with van der Waals surface area (Å²) in [6.45, 7) is 14.8. The van der Waals surface area contributed by atoms with E-state index in [1.807, 2.05) is 46.2 Å². The molecule has 0 atom stereocenters. The van der Waals surface area contributed by atoms with Crippen molar-refractivity contribution in [3.05, 3.63) is 95.8 Å². The molecule has 45 heavy (non-hydrogen) atoms. The molecule has 6 heteroatoms. The zero-order chi connectivity index (χ0) is 31.9. The molecule has 0 aliphatic rings. The second-order valence-electron chi connectivity index (χ2n) is 12.4. The molecule has 0 amide bonds. The van der Waals surface area contributed by atoms with Gasteiger partial charge in [-0.1, -0.05) is 83.7 Å². The van der Waals surface area contributed by atoms with Gasteiger partial charge in [0.05, 0.1) is 5.76 Å². The summed E-state index contributed by atoms with van der Waals surface area (Å²) in [6, 6.07) is 22.8. The van der Waals surface area contributed by atoms with E-state index in [1.54, 1.807) is 11.3 Å². The molecular formula is C39H45IrN2O2S-. The zero-order valence-corrected chi connectivity index (χ0v) is 30.7. The Labute approximate surface area is 286 Å². The monoisotopic (exact) mass is 798 g/mol. The number of hydrogen-bond donors (Lipinski definition) is 1. The number of nitrogens with zero attached hydrogens (tertiary/aromatic N) is 2. The van der Waals surface area contributed by atoms with Gasteiger partial charge < -0.3 is 5.11 Å². The first-order valence-corrected chi connectivity index (χ1v) is 16.7. The van der Waals surface area contributed by atoms with E-state index in [1.165, 1.54) is 22.4 Å². The maximum Gasteiger partial charge on any atom is 0.162 e. The van der Waals surface area contributed by atoms with Gasteiger partial charge in [0, 0.05) is 67.1 Å². The number of carbonyl (C=O) groups is 1. The van der Waals surface area contributed by atoms with Crippen LogP contribution >= 0.6 is 11.3 Å². The number of ketones is 1. The summed E-state index contributed by atoms with van der Waals surface area (Å²) in [5.74, 6) is 0.547. The van der Waals surface area contributed by atoms with Crippen molar-refractivity contribution in [2.45, 2.75) is 79.6 Å². The van der Waals surface area contributed by atoms with Gasteiger partial charge >= 0.3 is 0 Å². The third-order valence-corrected chi connectivity index (χ3v) is 9.18. The minimum absolute atomic E-state index is 0. The van der Waals surface area contributed by atoms with Crippen molar-refractivity contribution in [2.24, 2.45) is 11.8 Å². The number of aliphatic hydroxyl groups excluding tert-OH is 1. The third kappa shape index (κ3) is 8.97. The molecule has 0 saturated heterocycles. The normalized spacial score (nSPS) is 11.9. The number of thiophene rings is 1. The molecule has 3 aromatic heterocycles. The molecule has 239 valence electrons. The van der Waals surface area contributed by atoms with Crippen molar-refractivity contribution in [3.8, 4) is 22.4 Å². The van der Waals surface area contributed by atoms with Crippen LogP contribution in [-0.4, -0.2) is 20.9 Å². The summed E-state index contributed by atoms with van der Waals surface area (Å²) in [6.07, 6.45) is 8.73. The predicted molar refractivity (Wildman–Crippen MR) is 187 cm³/mol. The van der Waals surface area contributed by atoms with Crippen molar-refractivity contribution >= 4 is 38.1 Å². The number of pyridine rings is 2. The number of fused-ring (bicyclic) bond motifs is 2. The smallest absolute Gasteiger partial charge is 0.162 e. The fraction of sp³-hybridized carbons (Fsp3) is 0.359. The SMILES string of the molecule is CC(C)(C)c1cc(-c2cc(-c3cnc4sccc4c3)ccn2)[c-]c2ccccc12.CCC(CC)C(=O)/C=C(\O)C(CC)CC.[Ir]. The molecule has 4 nitrogen and oxygen atoms in total. The number of allylic oxidation sites excluding steroid dienone is 2. The van der Waals surface area contributed by atoms with Gasteiger partial charge in [-0.2, -0.15) is 0 Å². The Balaban J connectivity index is 0.000000297. The molecule has 5 aromatic rings. The second-order valence-corrected chi connectivity index (χ2v) is 13.3. The molecule has 0 unspecified atom stereocenters. The van der Waals surface area contributed by atoms with Crippen molar-refractivity contribution in [1.29, 1.82) is 0 Å². The van der Waals surface area contributed by atoms with E-state index < -0.39 is 0 Å². The van der Waals surface area contributed by atoms with Crippen molar-refractivity contribution in [3.63, 3.8) is 0 Å². The Morgan fingerprint density at radius 3 is 2.27 bits per heavy atom. The second kappa shape index (κ2) is 16.4. The summed E-state index contributed by atoms with van der Waals surface area (Å²) in [5.41, 5.74) is 5.54. The van der Waals surface area contributed by atoms with E-state index in [-0.39, 0.29) is 48.9 Å². The number of rotatable bonds is 9. The summed E-state index contributed by atoms with van der Waals surface area (Å²) in [4.78, 5) is 22.1. The Bertz CT molecular complexity index is 1740. The average molecular weight is 798 g/mol. The van der Waals surface area contributed by atoms with Crippen LogP contribution in [0.3, 0.4) is 0 Å². The molecule has 0 aliphatic heterocycles. The first kappa shape index (κ1) is 36.3. The molecule has 5 rings (SSSR count). The molecule has 0 fully saturated rings. The van der Waals surface area contributed by atoms with Crippen LogP contribution in [0.15, 0.2) is 84.2 Å². The number of aromatic nitrogens is 2. The summed E-state index contributed by atoms with van der Waals surface area (Å²) >= 11 is 1.67. The molecule has 1 radical (unpaired) electrons. The first-order valence-electron chi connectivity index (χ1n) is 15.8. The molecule has 0 aliphatic carbocycles. The molecule has 0 spiro atoms. The van der Waals surface area contributed by atoms with Crippen LogP contribution < -0.4 is 0 Å². The van der Waals surface area contributed by atoms with E-state index in [0.29, 0.717) is 0 Å². The molecule has 3 heterocycles. The summed E-state index contributed by atoms with van der Waals surface area (Å²) < 4.78 is 0. The molecule has 2 aromatic carbocycles. The van der Waals surface area contributed by atoms with E-state index >= 15 is 0 Å². The minimum atomic E-state index is 0. The Hall–Kier alpha value is -3.18. The summed E-state index contributed by atoms with van der Waals surface area (Å²) in [7, 11) is 0. The van der Waals surface area contributed by atoms with Crippen molar-refractivity contribution in [2.75, 3.05) is 0 Å². The van der Waals surface area contributed by atoms with E-state index in [4.69, 9.17) is 0 Å². The first-order chi connectivity index (χ1) is 21.1. The predicted octanol–water partition coefficient (Wildman–Crippen LogP) is 11.1. The van der Waals surface area contributed by atoms with Gasteiger partial charge in [0.25, 0.3) is 0 Å². The molecular weight excluding hydrogens is 753 g/mol. The topological polar surface area (TPSA) is 63.1 Å². The van der Waals surface area contributed by atoms with Gasteiger partial charge in [0.15, 0.2) is 5.78 Å². The number of aliphatic hydroxyl groups is 1. The van der Waals surface area contributed by atoms with Crippen LogP contribution in [0.1, 0.15) is 79.7 Å². The average Bonchev–Trinajstić information content (AvgIpc) is 3.50. The fourth-order valence-electron chi connectivity index (χ4n) is 5.54. The number of hydrogen-bond acceptors (Lipinski definition) is 5. The minimum Gasteiger partial charge on any atom is -0.512 e. The van der Waals surface area contributed by atoms with Crippen molar-refractivity contribution < 1.29 is 30.0 Å². The molecule has 0 bridgehead atoms. The maximum atomic E-state index is 11.7. The van der Waals surface area contributed by atoms with E-state index in [2.05, 4.69) is 90.7 Å². The Kier molecular flexibility index (Phi) is 13.2. The number of benzene rings is 2. The quantitative estimate of drug-likeness (QED) is 0.0917. The van der Waals surface area contributed by atoms with Crippen LogP contribution in [0.25, 0.3) is 43.4 Å². The fourth-order valence-corrected chi connectivity index (χ4v) is 6.26. The maximum absolute atomic E-state index is 11.7. The number of carbonyl (C=O) groups excluding carboxylic acids is 1. The Morgan fingerprint density at radius 2 is 1.60 bits per heavy atom. The van der Waals surface area contributed by atoms with Crippen molar-refractivity contribution in [1.82, 2.24) is 9.97 Å². The van der Waals surface area contributed by atoms with Crippen LogP contribution in [0.4, 0.5) is 0 Å². The molecule has 0 saturated carbocycles. The van der Waals surface area contributed by atoms with E-state index in [9.17, 15) is 9.90 Å². The van der Waals surface area contributed by atoms with Gasteiger partial charge in [0.1, 0.15) is 4.83 Å². The zero-order valence-electron chi connectivity index (χ0n) is 27.5. The van der Waals surface area contributed by atoms with Gasteiger partial charge in [0.2, 0.25) is 0 Å². The van der Waals surface area contributed by atoms with Gasteiger partial charge in [-0.25, -0.2) is 4.98 Å². The van der Waals surface area contributed by atoms with Crippen LogP contribution in [0.5, 0.6) is 0 Å². The van der Waals surface area contributed by atoms with Crippen LogP contribution in [0, 0.1) is 17.9 Å². The van der Waals surface area contributed by atoms with Crippen LogP contribution in [0.2, 0.25) is 0 Å². The van der Waals surface area contributed by atoms with Gasteiger partial charge in [-0.3, -0.25) is 9.78 Å². The Morgan fingerprint density at radius 1 is 0.911 bits per heavy atom.